The van der Waals surface area contributed by atoms with Crippen LogP contribution in [-0.2, 0) is 7.05 Å². The minimum atomic E-state index is -0.864. The fraction of sp³-hybridized carbons (Fsp3) is 0.133. The summed E-state index contributed by atoms with van der Waals surface area (Å²) in [6, 6.07) is 12.5. The van der Waals surface area contributed by atoms with Crippen LogP contribution in [0, 0.1) is 16.5 Å². The summed E-state index contributed by atoms with van der Waals surface area (Å²) in [6.45, 7) is 0. The van der Waals surface area contributed by atoms with Crippen molar-refractivity contribution in [2.75, 3.05) is 5.23 Å². The standard InChI is InChI=1S/C15H12N5O2/c1-19-12-6-3-2-5-11(12)18-15(19)10(9-16)14-13(20(21)22)7-4-8-17-14/h2-8,10,21H,1H3/q-1/t10-/m1/s1. The van der Waals surface area contributed by atoms with Gasteiger partial charge in [-0.05, 0) is 24.3 Å². The Morgan fingerprint density at radius 3 is 2.77 bits per heavy atom. The van der Waals surface area contributed by atoms with Gasteiger partial charge in [0.15, 0.2) is 0 Å². The normalized spacial score (nSPS) is 12.1. The maximum absolute atomic E-state index is 11.3. The number of rotatable bonds is 3. The molecule has 2 heterocycles. The molecule has 3 rings (SSSR count). The lowest BCUT2D eigenvalue weighted by Crippen LogP contribution is -2.15. The summed E-state index contributed by atoms with van der Waals surface area (Å²) in [5.74, 6) is -0.400. The van der Waals surface area contributed by atoms with E-state index in [1.54, 1.807) is 11.6 Å². The molecular weight excluding hydrogens is 282 g/mol. The predicted molar refractivity (Wildman–Crippen MR) is 80.0 cm³/mol. The van der Waals surface area contributed by atoms with Crippen LogP contribution in [0.4, 0.5) is 5.69 Å². The van der Waals surface area contributed by atoms with Gasteiger partial charge in [0, 0.05) is 13.2 Å². The number of para-hydroxylation sites is 2. The van der Waals surface area contributed by atoms with Gasteiger partial charge in [0.1, 0.15) is 11.7 Å². The van der Waals surface area contributed by atoms with E-state index in [-0.39, 0.29) is 16.6 Å². The first-order chi connectivity index (χ1) is 10.6. The number of pyridine rings is 1. The first kappa shape index (κ1) is 14.0. The highest BCUT2D eigenvalue weighted by Gasteiger charge is 2.24. The average molecular weight is 294 g/mol. The number of hydrogen-bond donors (Lipinski definition) is 1. The average Bonchev–Trinajstić information content (AvgIpc) is 2.86. The second-order valence-corrected chi connectivity index (χ2v) is 4.76. The number of anilines is 1. The van der Waals surface area contributed by atoms with Crippen molar-refractivity contribution in [2.24, 2.45) is 7.05 Å². The smallest absolute Gasteiger partial charge is 0.148 e. The van der Waals surface area contributed by atoms with Gasteiger partial charge in [-0.3, -0.25) is 10.2 Å². The summed E-state index contributed by atoms with van der Waals surface area (Å²) in [4.78, 5) is 8.54. The van der Waals surface area contributed by atoms with E-state index in [1.807, 2.05) is 24.3 Å². The second kappa shape index (κ2) is 5.44. The second-order valence-electron chi connectivity index (χ2n) is 4.76. The van der Waals surface area contributed by atoms with Crippen LogP contribution in [0.25, 0.3) is 11.0 Å². The molecule has 0 spiro atoms. The molecule has 0 amide bonds. The number of nitriles is 1. The van der Waals surface area contributed by atoms with Gasteiger partial charge in [-0.15, -0.1) is 0 Å². The van der Waals surface area contributed by atoms with Crippen molar-refractivity contribution in [1.29, 1.82) is 5.26 Å². The SMILES string of the molecule is Cn1c([C@H](C#N)c2ncccc2N([O-])O)nc2ccccc21. The Labute approximate surface area is 126 Å². The fourth-order valence-electron chi connectivity index (χ4n) is 2.46. The Morgan fingerprint density at radius 2 is 2.09 bits per heavy atom. The van der Waals surface area contributed by atoms with Gasteiger partial charge in [0.2, 0.25) is 0 Å². The van der Waals surface area contributed by atoms with E-state index in [1.165, 1.54) is 18.3 Å². The van der Waals surface area contributed by atoms with E-state index in [9.17, 15) is 15.7 Å². The van der Waals surface area contributed by atoms with Crippen LogP contribution in [0.5, 0.6) is 0 Å². The summed E-state index contributed by atoms with van der Waals surface area (Å²) in [6.07, 6.45) is 1.47. The first-order valence-electron chi connectivity index (χ1n) is 6.55. The molecular formula is C15H12N5O2-. The van der Waals surface area contributed by atoms with Gasteiger partial charge in [-0.25, -0.2) is 4.98 Å². The number of aryl methyl sites for hydroxylation is 1. The molecule has 1 aromatic carbocycles. The summed E-state index contributed by atoms with van der Waals surface area (Å²) >= 11 is 0. The zero-order valence-electron chi connectivity index (χ0n) is 11.7. The molecule has 0 aliphatic rings. The first-order valence-corrected chi connectivity index (χ1v) is 6.55. The van der Waals surface area contributed by atoms with Crippen LogP contribution in [0.3, 0.4) is 0 Å². The van der Waals surface area contributed by atoms with E-state index < -0.39 is 5.92 Å². The molecule has 3 aromatic rings. The summed E-state index contributed by atoms with van der Waals surface area (Å²) < 4.78 is 1.79. The highest BCUT2D eigenvalue weighted by molar-refractivity contribution is 5.76. The van der Waals surface area contributed by atoms with Gasteiger partial charge in [-0.1, -0.05) is 12.1 Å². The number of aromatic nitrogens is 3. The molecule has 1 N–H and O–H groups in total. The van der Waals surface area contributed by atoms with Crippen LogP contribution in [0.2, 0.25) is 0 Å². The fourth-order valence-corrected chi connectivity index (χ4v) is 2.46. The molecule has 0 aliphatic carbocycles. The van der Waals surface area contributed by atoms with Crippen LogP contribution in [0.15, 0.2) is 42.6 Å². The highest BCUT2D eigenvalue weighted by atomic mass is 16.8. The lowest BCUT2D eigenvalue weighted by Gasteiger charge is -2.25. The van der Waals surface area contributed by atoms with Crippen molar-refractivity contribution in [3.63, 3.8) is 0 Å². The quantitative estimate of drug-likeness (QED) is 0.744. The molecule has 0 aliphatic heterocycles. The molecule has 0 bridgehead atoms. The molecule has 7 heteroatoms. The van der Waals surface area contributed by atoms with E-state index in [4.69, 9.17) is 0 Å². The lowest BCUT2D eigenvalue weighted by atomic mass is 10.0. The van der Waals surface area contributed by atoms with Crippen molar-refractivity contribution in [2.45, 2.75) is 5.92 Å². The monoisotopic (exact) mass is 294 g/mol. The third-order valence-corrected chi connectivity index (χ3v) is 3.50. The zero-order chi connectivity index (χ0) is 15.7. The Balaban J connectivity index is 2.20. The van der Waals surface area contributed by atoms with Gasteiger partial charge in [-0.2, -0.15) is 5.26 Å². The lowest BCUT2D eigenvalue weighted by molar-refractivity contribution is 0.295. The molecule has 0 radical (unpaired) electrons. The minimum absolute atomic E-state index is 0.0684. The van der Waals surface area contributed by atoms with Gasteiger partial charge in [0.25, 0.3) is 0 Å². The van der Waals surface area contributed by atoms with Crippen LogP contribution in [0.1, 0.15) is 17.4 Å². The predicted octanol–water partition coefficient (Wildman–Crippen LogP) is 2.32. The van der Waals surface area contributed by atoms with Crippen molar-refractivity contribution in [1.82, 2.24) is 14.5 Å². The Bertz CT molecular complexity index is 866. The highest BCUT2D eigenvalue weighted by Crippen LogP contribution is 2.30. The van der Waals surface area contributed by atoms with Gasteiger partial charge >= 0.3 is 0 Å². The Kier molecular flexibility index (Phi) is 3.47. The summed E-state index contributed by atoms with van der Waals surface area (Å²) in [5.41, 5.74) is 1.72. The molecule has 22 heavy (non-hydrogen) atoms. The number of nitrogens with zero attached hydrogens (tertiary/aromatic N) is 5. The van der Waals surface area contributed by atoms with E-state index in [0.29, 0.717) is 5.82 Å². The van der Waals surface area contributed by atoms with Crippen molar-refractivity contribution in [3.05, 3.63) is 59.3 Å². The zero-order valence-corrected chi connectivity index (χ0v) is 11.7. The van der Waals surface area contributed by atoms with Crippen LogP contribution in [-0.4, -0.2) is 19.7 Å². The topological polar surface area (TPSA) is 101 Å². The van der Waals surface area contributed by atoms with E-state index >= 15 is 0 Å². The molecule has 110 valence electrons. The molecule has 2 aromatic heterocycles. The Morgan fingerprint density at radius 1 is 1.32 bits per heavy atom. The number of fused-ring (bicyclic) bond motifs is 1. The molecule has 0 saturated heterocycles. The van der Waals surface area contributed by atoms with Crippen LogP contribution >= 0.6 is 0 Å². The van der Waals surface area contributed by atoms with Crippen molar-refractivity contribution >= 4 is 16.7 Å². The van der Waals surface area contributed by atoms with Crippen molar-refractivity contribution < 1.29 is 5.21 Å². The largest absolute Gasteiger partial charge is 0.733 e. The molecule has 0 unspecified atom stereocenters. The maximum Gasteiger partial charge on any atom is 0.148 e. The molecule has 0 fully saturated rings. The number of hydrogen-bond acceptors (Lipinski definition) is 6. The molecule has 1 atom stereocenters. The number of benzene rings is 1. The number of imidazole rings is 1. The summed E-state index contributed by atoms with van der Waals surface area (Å²) in [7, 11) is 1.80. The Hall–Kier alpha value is -2.95. The minimum Gasteiger partial charge on any atom is -0.733 e. The molecule has 7 nitrogen and oxygen atoms in total. The van der Waals surface area contributed by atoms with Gasteiger partial charge < -0.3 is 15.0 Å². The third-order valence-electron chi connectivity index (χ3n) is 3.50. The maximum atomic E-state index is 11.3. The third kappa shape index (κ3) is 2.16. The van der Waals surface area contributed by atoms with E-state index in [0.717, 1.165) is 11.0 Å². The van der Waals surface area contributed by atoms with Crippen molar-refractivity contribution in [3.8, 4) is 6.07 Å². The molecule has 0 saturated carbocycles. The van der Waals surface area contributed by atoms with Gasteiger partial charge in [0.05, 0.1) is 28.5 Å². The van der Waals surface area contributed by atoms with E-state index in [2.05, 4.69) is 16.0 Å². The van der Waals surface area contributed by atoms with Crippen LogP contribution < -0.4 is 5.23 Å². The summed E-state index contributed by atoms with van der Waals surface area (Å²) in [5, 5.41) is 29.7.